The number of nitrogens with zero attached hydrogens (tertiary/aromatic N) is 2. The molecule has 0 unspecified atom stereocenters. The Hall–Kier alpha value is -1.23. The molecule has 1 heterocycles. The summed E-state index contributed by atoms with van der Waals surface area (Å²) in [7, 11) is 3.61. The van der Waals surface area contributed by atoms with Gasteiger partial charge >= 0.3 is 6.03 Å². The number of likely N-dealkylation sites (tertiary alicyclic amines) is 1. The summed E-state index contributed by atoms with van der Waals surface area (Å²) < 4.78 is 1.12. The van der Waals surface area contributed by atoms with Gasteiger partial charge in [-0.3, -0.25) is 0 Å². The molecule has 0 saturated carbocycles. The number of anilines is 1. The second-order valence-electron chi connectivity index (χ2n) is 6.02. The van der Waals surface area contributed by atoms with E-state index in [1.165, 1.54) is 16.8 Å². The van der Waals surface area contributed by atoms with Gasteiger partial charge in [0.2, 0.25) is 0 Å². The Morgan fingerprint density at radius 1 is 1.29 bits per heavy atom. The molecule has 0 aromatic heterocycles. The number of urea groups is 1. The number of amides is 2. The number of carbonyl (C=O) groups is 1. The van der Waals surface area contributed by atoms with E-state index in [-0.39, 0.29) is 6.03 Å². The number of aryl methyl sites for hydroxylation is 2. The van der Waals surface area contributed by atoms with Crippen LogP contribution in [0.15, 0.2) is 16.6 Å². The molecule has 1 fully saturated rings. The maximum absolute atomic E-state index is 11.9. The quantitative estimate of drug-likeness (QED) is 0.881. The third-order valence-corrected chi connectivity index (χ3v) is 4.55. The van der Waals surface area contributed by atoms with E-state index in [0.717, 1.165) is 30.4 Å². The summed E-state index contributed by atoms with van der Waals surface area (Å²) in [5, 5.41) is 3.63. The molecule has 1 aliphatic heterocycles. The fraction of sp³-hybridized carbons (Fsp3) is 0.562. The van der Waals surface area contributed by atoms with Crippen molar-refractivity contribution in [3.8, 4) is 0 Å². The van der Waals surface area contributed by atoms with Crippen molar-refractivity contribution in [1.82, 2.24) is 9.80 Å². The Morgan fingerprint density at radius 2 is 1.90 bits per heavy atom. The minimum Gasteiger partial charge on any atom is -0.381 e. The van der Waals surface area contributed by atoms with Gasteiger partial charge in [-0.1, -0.05) is 6.07 Å². The minimum atomic E-state index is 0.112. The lowest BCUT2D eigenvalue weighted by atomic mass is 10.0. The molecule has 1 aromatic carbocycles. The highest BCUT2D eigenvalue weighted by atomic mass is 79.9. The fourth-order valence-corrected chi connectivity index (χ4v) is 3.59. The lowest BCUT2D eigenvalue weighted by molar-refractivity contribution is 0.158. The molecule has 2 amide bonds. The van der Waals surface area contributed by atoms with Crippen LogP contribution in [0.25, 0.3) is 0 Å². The van der Waals surface area contributed by atoms with Crippen LogP contribution < -0.4 is 5.32 Å². The number of hydrogen-bond donors (Lipinski definition) is 1. The highest BCUT2D eigenvalue weighted by Crippen LogP contribution is 2.29. The smallest absolute Gasteiger partial charge is 0.319 e. The van der Waals surface area contributed by atoms with Gasteiger partial charge in [0.15, 0.2) is 0 Å². The van der Waals surface area contributed by atoms with Crippen LogP contribution in [0.4, 0.5) is 10.5 Å². The molecule has 1 aromatic rings. The molecule has 1 saturated heterocycles. The van der Waals surface area contributed by atoms with Crippen molar-refractivity contribution in [2.24, 2.45) is 0 Å². The van der Waals surface area contributed by atoms with Crippen molar-refractivity contribution in [2.75, 3.05) is 32.5 Å². The second-order valence-corrected chi connectivity index (χ2v) is 6.88. The van der Waals surface area contributed by atoms with E-state index in [1.807, 2.05) is 4.90 Å². The maximum atomic E-state index is 11.9. The van der Waals surface area contributed by atoms with Crippen molar-refractivity contribution in [2.45, 2.75) is 32.7 Å². The first-order valence-corrected chi connectivity index (χ1v) is 8.17. The molecular weight excluding hydrogens is 330 g/mol. The molecule has 0 aliphatic carbocycles. The number of carbonyl (C=O) groups excluding carboxylic acids is 1. The molecule has 116 valence electrons. The third-order valence-electron chi connectivity index (χ3n) is 3.93. The highest BCUT2D eigenvalue weighted by Gasteiger charge is 2.24. The molecule has 5 heteroatoms. The SMILES string of the molecule is Cc1cc(C)c(NC2CCN(C(=O)N(C)C)CC2)c(Br)c1. The lowest BCUT2D eigenvalue weighted by Crippen LogP contribution is -2.46. The molecule has 4 nitrogen and oxygen atoms in total. The van der Waals surface area contributed by atoms with E-state index in [0.29, 0.717) is 6.04 Å². The summed E-state index contributed by atoms with van der Waals surface area (Å²) in [6.45, 7) is 5.87. The molecule has 0 bridgehead atoms. The number of rotatable bonds is 2. The maximum Gasteiger partial charge on any atom is 0.319 e. The van der Waals surface area contributed by atoms with E-state index in [4.69, 9.17) is 0 Å². The van der Waals surface area contributed by atoms with Gasteiger partial charge in [-0.25, -0.2) is 4.79 Å². The summed E-state index contributed by atoms with van der Waals surface area (Å²) in [6.07, 6.45) is 1.97. The standard InChI is InChI=1S/C16H24BrN3O/c1-11-9-12(2)15(14(17)10-11)18-13-5-7-20(8-6-13)16(21)19(3)4/h9-10,13,18H,5-8H2,1-4H3. The number of benzene rings is 1. The molecule has 2 rings (SSSR count). The first kappa shape index (κ1) is 16.1. The Bertz CT molecular complexity index is 499. The molecule has 0 spiro atoms. The fourth-order valence-electron chi connectivity index (χ4n) is 2.80. The Labute approximate surface area is 135 Å². The van der Waals surface area contributed by atoms with Gasteiger partial charge in [-0.05, 0) is 59.8 Å². The lowest BCUT2D eigenvalue weighted by Gasteiger charge is -2.34. The zero-order chi connectivity index (χ0) is 15.6. The monoisotopic (exact) mass is 353 g/mol. The van der Waals surface area contributed by atoms with Crippen molar-refractivity contribution in [3.05, 3.63) is 27.7 Å². The van der Waals surface area contributed by atoms with Gasteiger partial charge in [-0.15, -0.1) is 0 Å². The largest absolute Gasteiger partial charge is 0.381 e. The normalized spacial score (nSPS) is 16.0. The first-order valence-electron chi connectivity index (χ1n) is 7.38. The second kappa shape index (κ2) is 6.69. The Kier molecular flexibility index (Phi) is 5.14. The van der Waals surface area contributed by atoms with E-state index in [2.05, 4.69) is 47.2 Å². The number of hydrogen-bond acceptors (Lipinski definition) is 2. The Morgan fingerprint density at radius 3 is 2.43 bits per heavy atom. The van der Waals surface area contributed by atoms with E-state index in [1.54, 1.807) is 19.0 Å². The van der Waals surface area contributed by atoms with E-state index < -0.39 is 0 Å². The van der Waals surface area contributed by atoms with E-state index >= 15 is 0 Å². The van der Waals surface area contributed by atoms with Crippen LogP contribution >= 0.6 is 15.9 Å². The van der Waals surface area contributed by atoms with Crippen LogP contribution in [0.2, 0.25) is 0 Å². The average Bonchev–Trinajstić information content (AvgIpc) is 2.42. The molecule has 0 atom stereocenters. The van der Waals surface area contributed by atoms with Crippen LogP contribution in [-0.2, 0) is 0 Å². The van der Waals surface area contributed by atoms with Gasteiger partial charge < -0.3 is 15.1 Å². The third kappa shape index (κ3) is 3.90. The Balaban J connectivity index is 1.97. The van der Waals surface area contributed by atoms with Gasteiger partial charge in [0.25, 0.3) is 0 Å². The summed E-state index contributed by atoms with van der Waals surface area (Å²) >= 11 is 3.65. The van der Waals surface area contributed by atoms with Crippen molar-refractivity contribution < 1.29 is 4.79 Å². The molecule has 1 aliphatic rings. The predicted molar refractivity (Wildman–Crippen MR) is 90.9 cm³/mol. The predicted octanol–water partition coefficient (Wildman–Crippen LogP) is 3.62. The number of piperidine rings is 1. The summed E-state index contributed by atoms with van der Waals surface area (Å²) in [5.74, 6) is 0. The van der Waals surface area contributed by atoms with Gasteiger partial charge in [0, 0.05) is 37.7 Å². The topological polar surface area (TPSA) is 35.6 Å². The molecule has 0 radical (unpaired) electrons. The zero-order valence-electron chi connectivity index (χ0n) is 13.2. The molecular formula is C16H24BrN3O. The van der Waals surface area contributed by atoms with Crippen molar-refractivity contribution >= 4 is 27.6 Å². The van der Waals surface area contributed by atoms with Crippen molar-refractivity contribution in [1.29, 1.82) is 0 Å². The van der Waals surface area contributed by atoms with Gasteiger partial charge in [0.05, 0.1) is 5.69 Å². The van der Waals surface area contributed by atoms with Crippen molar-refractivity contribution in [3.63, 3.8) is 0 Å². The van der Waals surface area contributed by atoms with Gasteiger partial charge in [0.1, 0.15) is 0 Å². The summed E-state index contributed by atoms with van der Waals surface area (Å²) in [6, 6.07) is 4.87. The molecule has 1 N–H and O–H groups in total. The molecule has 21 heavy (non-hydrogen) atoms. The van der Waals surface area contributed by atoms with Gasteiger partial charge in [-0.2, -0.15) is 0 Å². The average molecular weight is 354 g/mol. The number of halogens is 1. The summed E-state index contributed by atoms with van der Waals surface area (Å²) in [4.78, 5) is 15.5. The van der Waals surface area contributed by atoms with Crippen LogP contribution in [0.3, 0.4) is 0 Å². The van der Waals surface area contributed by atoms with Crippen LogP contribution in [-0.4, -0.2) is 49.1 Å². The first-order chi connectivity index (χ1) is 9.88. The van der Waals surface area contributed by atoms with E-state index in [9.17, 15) is 4.79 Å². The zero-order valence-corrected chi connectivity index (χ0v) is 14.8. The van der Waals surface area contributed by atoms with Crippen LogP contribution in [0.1, 0.15) is 24.0 Å². The number of nitrogens with one attached hydrogen (secondary N) is 1. The van der Waals surface area contributed by atoms with Crippen LogP contribution in [0, 0.1) is 13.8 Å². The minimum absolute atomic E-state index is 0.112. The highest BCUT2D eigenvalue weighted by molar-refractivity contribution is 9.10. The van der Waals surface area contributed by atoms with Crippen LogP contribution in [0.5, 0.6) is 0 Å². The summed E-state index contributed by atoms with van der Waals surface area (Å²) in [5.41, 5.74) is 3.70.